The van der Waals surface area contributed by atoms with Gasteiger partial charge in [-0.3, -0.25) is 4.68 Å². The summed E-state index contributed by atoms with van der Waals surface area (Å²) in [5.74, 6) is 0.963. The van der Waals surface area contributed by atoms with Crippen molar-refractivity contribution in [2.75, 3.05) is 0 Å². The fraction of sp³-hybridized carbons (Fsp3) is 0.500. The Balaban J connectivity index is 2.19. The van der Waals surface area contributed by atoms with E-state index in [-0.39, 0.29) is 6.04 Å². The average molecular weight is 221 g/mol. The minimum atomic E-state index is -0.161. The van der Waals surface area contributed by atoms with Gasteiger partial charge < -0.3 is 10.3 Å². The minimum absolute atomic E-state index is 0.161. The Hall–Kier alpha value is -1.69. The van der Waals surface area contributed by atoms with Crippen LogP contribution in [0.3, 0.4) is 0 Å². The van der Waals surface area contributed by atoms with Crippen molar-refractivity contribution in [1.29, 1.82) is 0 Å². The summed E-state index contributed by atoms with van der Waals surface area (Å²) >= 11 is 0. The number of nitrogens with two attached hydrogens (primary N) is 1. The van der Waals surface area contributed by atoms with Crippen LogP contribution < -0.4 is 5.73 Å². The van der Waals surface area contributed by atoms with Gasteiger partial charge >= 0.3 is 0 Å². The molecule has 1 unspecified atom stereocenters. The fourth-order valence-electron chi connectivity index (χ4n) is 1.46. The molecule has 0 aliphatic carbocycles. The van der Waals surface area contributed by atoms with Gasteiger partial charge in [0.25, 0.3) is 5.89 Å². The number of nitrogens with zero attached hydrogens (tertiary/aromatic N) is 4. The number of hydrogen-bond acceptors (Lipinski definition) is 5. The lowest BCUT2D eigenvalue weighted by Gasteiger charge is -2.02. The molecule has 2 aromatic rings. The number of hydrogen-bond donors (Lipinski definition) is 1. The van der Waals surface area contributed by atoms with Crippen LogP contribution in [-0.4, -0.2) is 19.9 Å². The number of rotatable bonds is 4. The summed E-state index contributed by atoms with van der Waals surface area (Å²) in [5.41, 5.74) is 6.56. The maximum absolute atomic E-state index is 5.89. The molecule has 86 valence electrons. The highest BCUT2D eigenvalue weighted by Crippen LogP contribution is 2.18. The highest BCUT2D eigenvalue weighted by atomic mass is 16.5. The molecule has 0 aliphatic rings. The van der Waals surface area contributed by atoms with Gasteiger partial charge in [-0.25, -0.2) is 0 Å². The Bertz CT molecular complexity index is 461. The molecule has 0 aliphatic heterocycles. The number of aromatic nitrogens is 4. The van der Waals surface area contributed by atoms with E-state index in [1.54, 1.807) is 4.68 Å². The van der Waals surface area contributed by atoms with E-state index in [4.69, 9.17) is 10.3 Å². The summed E-state index contributed by atoms with van der Waals surface area (Å²) in [7, 11) is 1.84. The van der Waals surface area contributed by atoms with E-state index in [0.29, 0.717) is 17.4 Å². The molecule has 0 fully saturated rings. The van der Waals surface area contributed by atoms with E-state index in [2.05, 4.69) is 22.2 Å². The largest absolute Gasteiger partial charge is 0.332 e. The van der Waals surface area contributed by atoms with Crippen molar-refractivity contribution in [2.45, 2.75) is 25.8 Å². The third kappa shape index (κ3) is 2.11. The molecule has 0 bridgehead atoms. The molecule has 2 aromatic heterocycles. The summed E-state index contributed by atoms with van der Waals surface area (Å²) in [6, 6.07) is 1.66. The molecule has 0 amide bonds. The molecular weight excluding hydrogens is 206 g/mol. The van der Waals surface area contributed by atoms with Crippen molar-refractivity contribution in [3.05, 3.63) is 18.1 Å². The molecule has 0 spiro atoms. The van der Waals surface area contributed by atoms with Crippen molar-refractivity contribution >= 4 is 0 Å². The standard InChI is InChI=1S/C10H15N5O/c1-3-4-7(11)9-12-10(16-14-9)8-5-6-15(2)13-8/h5-7H,3-4,11H2,1-2H3. The Morgan fingerprint density at radius 3 is 3.00 bits per heavy atom. The zero-order valence-electron chi connectivity index (χ0n) is 9.42. The van der Waals surface area contributed by atoms with E-state index < -0.39 is 0 Å². The molecule has 0 saturated carbocycles. The van der Waals surface area contributed by atoms with E-state index in [1.165, 1.54) is 0 Å². The normalized spacial score (nSPS) is 12.9. The van der Waals surface area contributed by atoms with Crippen LogP contribution in [0.4, 0.5) is 0 Å². The van der Waals surface area contributed by atoms with Gasteiger partial charge in [-0.2, -0.15) is 10.1 Å². The molecule has 2 N–H and O–H groups in total. The van der Waals surface area contributed by atoms with E-state index in [0.717, 1.165) is 12.8 Å². The van der Waals surface area contributed by atoms with Gasteiger partial charge in [0.15, 0.2) is 11.5 Å². The highest BCUT2D eigenvalue weighted by molar-refractivity contribution is 5.44. The third-order valence-corrected chi connectivity index (χ3v) is 2.31. The van der Waals surface area contributed by atoms with Crippen LogP contribution in [-0.2, 0) is 7.05 Å². The van der Waals surface area contributed by atoms with Crippen LogP contribution in [0.2, 0.25) is 0 Å². The molecule has 16 heavy (non-hydrogen) atoms. The minimum Gasteiger partial charge on any atom is -0.332 e. The van der Waals surface area contributed by atoms with Crippen LogP contribution in [0.25, 0.3) is 11.6 Å². The first-order chi connectivity index (χ1) is 7.70. The topological polar surface area (TPSA) is 82.8 Å². The first-order valence-electron chi connectivity index (χ1n) is 5.30. The Morgan fingerprint density at radius 2 is 2.38 bits per heavy atom. The summed E-state index contributed by atoms with van der Waals surface area (Å²) in [5, 5.41) is 8.04. The zero-order chi connectivity index (χ0) is 11.5. The van der Waals surface area contributed by atoms with Gasteiger partial charge in [0.05, 0.1) is 6.04 Å². The van der Waals surface area contributed by atoms with E-state index >= 15 is 0 Å². The molecule has 0 aromatic carbocycles. The van der Waals surface area contributed by atoms with Crippen LogP contribution >= 0.6 is 0 Å². The first kappa shape index (κ1) is 10.8. The van der Waals surface area contributed by atoms with Gasteiger partial charge in [0.2, 0.25) is 0 Å². The van der Waals surface area contributed by atoms with Crippen molar-refractivity contribution in [3.8, 4) is 11.6 Å². The summed E-state index contributed by atoms with van der Waals surface area (Å²) in [6.45, 7) is 2.07. The maximum atomic E-state index is 5.89. The lowest BCUT2D eigenvalue weighted by Crippen LogP contribution is -2.11. The maximum Gasteiger partial charge on any atom is 0.278 e. The van der Waals surface area contributed by atoms with Crippen LogP contribution in [0, 0.1) is 0 Å². The molecule has 6 heteroatoms. The molecule has 0 saturated heterocycles. The van der Waals surface area contributed by atoms with Crippen molar-refractivity contribution in [2.24, 2.45) is 12.8 Å². The highest BCUT2D eigenvalue weighted by Gasteiger charge is 2.15. The molecular formula is C10H15N5O. The van der Waals surface area contributed by atoms with Gasteiger partial charge in [0.1, 0.15) is 0 Å². The average Bonchev–Trinajstić information content (AvgIpc) is 2.85. The van der Waals surface area contributed by atoms with Crippen LogP contribution in [0.15, 0.2) is 16.8 Å². The molecule has 2 heterocycles. The fourth-order valence-corrected chi connectivity index (χ4v) is 1.46. The van der Waals surface area contributed by atoms with Gasteiger partial charge in [-0.1, -0.05) is 18.5 Å². The zero-order valence-corrected chi connectivity index (χ0v) is 9.42. The quantitative estimate of drug-likeness (QED) is 0.840. The molecule has 6 nitrogen and oxygen atoms in total. The molecule has 1 atom stereocenters. The second kappa shape index (κ2) is 4.44. The van der Waals surface area contributed by atoms with Gasteiger partial charge in [-0.15, -0.1) is 0 Å². The predicted octanol–water partition coefficient (Wildman–Crippen LogP) is 1.27. The van der Waals surface area contributed by atoms with Crippen LogP contribution in [0.5, 0.6) is 0 Å². The molecule has 2 rings (SSSR count). The second-order valence-electron chi connectivity index (χ2n) is 3.73. The lowest BCUT2D eigenvalue weighted by atomic mass is 10.2. The summed E-state index contributed by atoms with van der Waals surface area (Å²) in [6.07, 6.45) is 3.67. The van der Waals surface area contributed by atoms with Crippen molar-refractivity contribution in [3.63, 3.8) is 0 Å². The monoisotopic (exact) mass is 221 g/mol. The lowest BCUT2D eigenvalue weighted by molar-refractivity contribution is 0.412. The van der Waals surface area contributed by atoms with Crippen LogP contribution in [0.1, 0.15) is 31.6 Å². The molecule has 0 radical (unpaired) electrons. The van der Waals surface area contributed by atoms with Crippen molar-refractivity contribution in [1.82, 2.24) is 19.9 Å². The van der Waals surface area contributed by atoms with Crippen molar-refractivity contribution < 1.29 is 4.52 Å². The summed E-state index contributed by atoms with van der Waals surface area (Å²) in [4.78, 5) is 4.23. The Kier molecular flexibility index (Phi) is 3.00. The summed E-state index contributed by atoms with van der Waals surface area (Å²) < 4.78 is 6.80. The van der Waals surface area contributed by atoms with E-state index in [9.17, 15) is 0 Å². The second-order valence-corrected chi connectivity index (χ2v) is 3.73. The smallest absolute Gasteiger partial charge is 0.278 e. The van der Waals surface area contributed by atoms with Gasteiger partial charge in [-0.05, 0) is 12.5 Å². The Morgan fingerprint density at radius 1 is 1.56 bits per heavy atom. The Labute approximate surface area is 93.4 Å². The first-order valence-corrected chi connectivity index (χ1v) is 5.30. The predicted molar refractivity (Wildman–Crippen MR) is 58.3 cm³/mol. The van der Waals surface area contributed by atoms with Gasteiger partial charge in [0, 0.05) is 13.2 Å². The third-order valence-electron chi connectivity index (χ3n) is 2.31. The number of aryl methyl sites for hydroxylation is 1. The SMILES string of the molecule is CCCC(N)c1noc(-c2ccn(C)n2)n1. The van der Waals surface area contributed by atoms with E-state index in [1.807, 2.05) is 19.3 Å².